The molecular formula is C12H9ClO4. The van der Waals surface area contributed by atoms with E-state index in [2.05, 4.69) is 0 Å². The lowest BCUT2D eigenvalue weighted by Gasteiger charge is -2.02. The van der Waals surface area contributed by atoms with Crippen LogP contribution in [-0.2, 0) is 0 Å². The highest BCUT2D eigenvalue weighted by molar-refractivity contribution is 6.68. The quantitative estimate of drug-likeness (QED) is 0.622. The third-order valence-corrected chi connectivity index (χ3v) is 2.63. The van der Waals surface area contributed by atoms with Gasteiger partial charge in [0.15, 0.2) is 22.9 Å². The van der Waals surface area contributed by atoms with Crippen LogP contribution >= 0.6 is 11.6 Å². The molecule has 0 unspecified atom stereocenters. The molecule has 0 aliphatic carbocycles. The summed E-state index contributed by atoms with van der Waals surface area (Å²) in [6.07, 6.45) is 0. The van der Waals surface area contributed by atoms with Gasteiger partial charge in [-0.25, -0.2) is 0 Å². The van der Waals surface area contributed by atoms with E-state index in [1.807, 2.05) is 0 Å². The lowest BCUT2D eigenvalue weighted by molar-refractivity contribution is 0.0988. The van der Waals surface area contributed by atoms with Crippen molar-refractivity contribution in [3.8, 4) is 5.75 Å². The second-order valence-electron chi connectivity index (χ2n) is 3.50. The van der Waals surface area contributed by atoms with Crippen LogP contribution in [0.3, 0.4) is 0 Å². The summed E-state index contributed by atoms with van der Waals surface area (Å²) in [5, 5.41) is -0.122. The number of carbonyl (C=O) groups excluding carboxylic acids is 2. The van der Waals surface area contributed by atoms with Crippen LogP contribution in [0, 0.1) is 0 Å². The van der Waals surface area contributed by atoms with Gasteiger partial charge in [-0.1, -0.05) is 0 Å². The van der Waals surface area contributed by atoms with Crippen molar-refractivity contribution in [1.29, 1.82) is 0 Å². The number of halogens is 1. The van der Waals surface area contributed by atoms with Crippen molar-refractivity contribution < 1.29 is 18.7 Å². The van der Waals surface area contributed by atoms with E-state index in [0.717, 1.165) is 0 Å². The molecule has 0 amide bonds. The molecule has 1 heterocycles. The predicted octanol–water partition coefficient (Wildman–Crippen LogP) is 3.02. The third kappa shape index (κ3) is 1.91. The fourth-order valence-electron chi connectivity index (χ4n) is 1.60. The Morgan fingerprint density at radius 2 is 2.06 bits per heavy atom. The lowest BCUT2D eigenvalue weighted by Crippen LogP contribution is -1.91. The first-order valence-electron chi connectivity index (χ1n) is 4.86. The number of benzene rings is 1. The zero-order valence-corrected chi connectivity index (χ0v) is 10.00. The molecule has 0 atom stereocenters. The molecule has 0 bridgehead atoms. The summed E-state index contributed by atoms with van der Waals surface area (Å²) in [6.45, 7) is 1.38. The zero-order chi connectivity index (χ0) is 12.6. The molecular weight excluding hydrogens is 244 g/mol. The van der Waals surface area contributed by atoms with Gasteiger partial charge in [-0.15, -0.1) is 0 Å². The fraction of sp³-hybridized carbons (Fsp3) is 0.167. The van der Waals surface area contributed by atoms with Crippen molar-refractivity contribution in [3.05, 3.63) is 29.5 Å². The van der Waals surface area contributed by atoms with E-state index in [9.17, 15) is 9.59 Å². The van der Waals surface area contributed by atoms with Crippen molar-refractivity contribution >= 4 is 33.6 Å². The van der Waals surface area contributed by atoms with Crippen LogP contribution in [0.15, 0.2) is 22.6 Å². The summed E-state index contributed by atoms with van der Waals surface area (Å²) in [6, 6.07) is 4.61. The fourth-order valence-corrected chi connectivity index (χ4v) is 1.77. The maximum Gasteiger partial charge on any atom is 0.253 e. The van der Waals surface area contributed by atoms with Gasteiger partial charge in [0.05, 0.1) is 7.11 Å². The molecule has 0 aliphatic rings. The summed E-state index contributed by atoms with van der Waals surface area (Å²) < 4.78 is 10.5. The molecule has 1 aromatic carbocycles. The second kappa shape index (κ2) is 4.22. The number of rotatable bonds is 3. The van der Waals surface area contributed by atoms with Gasteiger partial charge in [-0.3, -0.25) is 9.59 Å². The Kier molecular flexibility index (Phi) is 2.90. The Morgan fingerprint density at radius 3 is 2.59 bits per heavy atom. The molecule has 0 fully saturated rings. The van der Waals surface area contributed by atoms with Crippen molar-refractivity contribution in [2.45, 2.75) is 6.92 Å². The number of methoxy groups -OCH3 is 1. The first-order chi connectivity index (χ1) is 8.04. The first-order valence-corrected chi connectivity index (χ1v) is 5.23. The van der Waals surface area contributed by atoms with Crippen LogP contribution in [0.25, 0.3) is 11.0 Å². The van der Waals surface area contributed by atoms with E-state index in [1.165, 1.54) is 26.2 Å². The average Bonchev–Trinajstić information content (AvgIpc) is 2.71. The van der Waals surface area contributed by atoms with E-state index < -0.39 is 5.24 Å². The molecule has 0 spiro atoms. The number of fused-ring (bicyclic) bond motifs is 1. The van der Waals surface area contributed by atoms with Crippen molar-refractivity contribution in [2.24, 2.45) is 0 Å². The molecule has 17 heavy (non-hydrogen) atoms. The van der Waals surface area contributed by atoms with Gasteiger partial charge in [0.2, 0.25) is 0 Å². The molecule has 0 aliphatic heterocycles. The maximum atomic E-state index is 11.2. The van der Waals surface area contributed by atoms with Crippen molar-refractivity contribution in [2.75, 3.05) is 7.11 Å². The SMILES string of the molecule is COc1ccc(C(=O)Cl)c2cc(C(C)=O)oc12. The highest BCUT2D eigenvalue weighted by atomic mass is 35.5. The molecule has 2 aromatic rings. The summed E-state index contributed by atoms with van der Waals surface area (Å²) in [7, 11) is 1.48. The number of hydrogen-bond acceptors (Lipinski definition) is 4. The molecule has 0 saturated carbocycles. The van der Waals surface area contributed by atoms with Gasteiger partial charge in [0.25, 0.3) is 5.24 Å². The predicted molar refractivity (Wildman–Crippen MR) is 63.0 cm³/mol. The Morgan fingerprint density at radius 1 is 1.35 bits per heavy atom. The Hall–Kier alpha value is -1.81. The van der Waals surface area contributed by atoms with E-state index in [0.29, 0.717) is 22.3 Å². The van der Waals surface area contributed by atoms with Crippen molar-refractivity contribution in [3.63, 3.8) is 0 Å². The van der Waals surface area contributed by atoms with Crippen molar-refractivity contribution in [1.82, 2.24) is 0 Å². The van der Waals surface area contributed by atoms with Crippen LogP contribution < -0.4 is 4.74 Å². The number of furan rings is 1. The molecule has 5 heteroatoms. The van der Waals surface area contributed by atoms with E-state index in [4.69, 9.17) is 20.8 Å². The standard InChI is InChI=1S/C12H9ClO4/c1-6(14)10-5-8-7(12(13)15)3-4-9(16-2)11(8)17-10/h3-5H,1-2H3. The largest absolute Gasteiger partial charge is 0.493 e. The van der Waals surface area contributed by atoms with E-state index in [-0.39, 0.29) is 11.5 Å². The number of ketones is 1. The van der Waals surface area contributed by atoms with Crippen LogP contribution in [0.4, 0.5) is 0 Å². The minimum atomic E-state index is -0.603. The minimum Gasteiger partial charge on any atom is -0.493 e. The molecule has 4 nitrogen and oxygen atoms in total. The molecule has 88 valence electrons. The topological polar surface area (TPSA) is 56.5 Å². The van der Waals surface area contributed by atoms with Gasteiger partial charge in [-0.05, 0) is 29.8 Å². The van der Waals surface area contributed by atoms with Crippen LogP contribution in [0.1, 0.15) is 27.8 Å². The second-order valence-corrected chi connectivity index (χ2v) is 3.84. The number of hydrogen-bond donors (Lipinski definition) is 0. The van der Waals surface area contributed by atoms with Crippen LogP contribution in [-0.4, -0.2) is 18.1 Å². The highest BCUT2D eigenvalue weighted by Gasteiger charge is 2.17. The zero-order valence-electron chi connectivity index (χ0n) is 9.24. The smallest absolute Gasteiger partial charge is 0.253 e. The van der Waals surface area contributed by atoms with Gasteiger partial charge >= 0.3 is 0 Å². The Balaban J connectivity index is 2.81. The van der Waals surface area contributed by atoms with Crippen LogP contribution in [0.5, 0.6) is 5.75 Å². The molecule has 0 saturated heterocycles. The monoisotopic (exact) mass is 252 g/mol. The average molecular weight is 253 g/mol. The maximum absolute atomic E-state index is 11.2. The summed E-state index contributed by atoms with van der Waals surface area (Å²) in [5.74, 6) is 0.397. The normalized spacial score (nSPS) is 10.5. The van der Waals surface area contributed by atoms with Gasteiger partial charge in [-0.2, -0.15) is 0 Å². The van der Waals surface area contributed by atoms with Gasteiger partial charge < -0.3 is 9.15 Å². The summed E-state index contributed by atoms with van der Waals surface area (Å²) in [5.41, 5.74) is 0.642. The first kappa shape index (κ1) is 11.7. The molecule has 1 aromatic heterocycles. The summed E-state index contributed by atoms with van der Waals surface area (Å²) in [4.78, 5) is 22.5. The van der Waals surface area contributed by atoms with Crippen LogP contribution in [0.2, 0.25) is 0 Å². The van der Waals surface area contributed by atoms with E-state index in [1.54, 1.807) is 6.07 Å². The molecule has 2 rings (SSSR count). The van der Waals surface area contributed by atoms with Gasteiger partial charge in [0, 0.05) is 17.9 Å². The Labute approximate surface area is 102 Å². The van der Waals surface area contributed by atoms with Gasteiger partial charge in [0.1, 0.15) is 0 Å². The number of ether oxygens (including phenoxy) is 1. The molecule has 0 N–H and O–H groups in total. The number of carbonyl (C=O) groups is 2. The third-order valence-electron chi connectivity index (χ3n) is 2.43. The lowest BCUT2D eigenvalue weighted by atomic mass is 10.1. The molecule has 0 radical (unpaired) electrons. The van der Waals surface area contributed by atoms with E-state index >= 15 is 0 Å². The summed E-state index contributed by atoms with van der Waals surface area (Å²) >= 11 is 5.46. The Bertz CT molecular complexity index is 612. The minimum absolute atomic E-state index is 0.170. The highest BCUT2D eigenvalue weighted by Crippen LogP contribution is 2.32. The number of Topliss-reactive ketones (excluding diaryl/α,β-unsaturated/α-hetero) is 1.